The maximum atomic E-state index is 12.5. The van der Waals surface area contributed by atoms with Gasteiger partial charge in [-0.3, -0.25) is 4.79 Å². The van der Waals surface area contributed by atoms with Gasteiger partial charge in [0.1, 0.15) is 11.8 Å². The van der Waals surface area contributed by atoms with Crippen molar-refractivity contribution in [3.63, 3.8) is 0 Å². The highest BCUT2D eigenvalue weighted by Crippen LogP contribution is 2.20. The van der Waals surface area contributed by atoms with E-state index < -0.39 is 15.5 Å². The summed E-state index contributed by atoms with van der Waals surface area (Å²) in [7, 11) is -3.84. The van der Waals surface area contributed by atoms with Crippen molar-refractivity contribution in [3.8, 4) is 0 Å². The molecule has 0 aliphatic carbocycles. The molecular weight excluding hydrogens is 316 g/mol. The third-order valence-electron chi connectivity index (χ3n) is 3.40. The molecule has 21 heavy (non-hydrogen) atoms. The SMILES string of the molecule is O=c1c(S(=O)(=O)N2CCNCC2)coc2cc(Cl)ccc12. The zero-order valence-electron chi connectivity index (χ0n) is 11.0. The van der Waals surface area contributed by atoms with Crippen LogP contribution < -0.4 is 10.7 Å². The number of benzene rings is 1. The lowest BCUT2D eigenvalue weighted by atomic mass is 10.2. The van der Waals surface area contributed by atoms with Gasteiger partial charge >= 0.3 is 0 Å². The van der Waals surface area contributed by atoms with Crippen molar-refractivity contribution in [1.29, 1.82) is 0 Å². The number of nitrogens with zero attached hydrogens (tertiary/aromatic N) is 1. The van der Waals surface area contributed by atoms with Gasteiger partial charge in [0, 0.05) is 37.3 Å². The zero-order chi connectivity index (χ0) is 15.0. The average molecular weight is 329 g/mol. The largest absolute Gasteiger partial charge is 0.463 e. The summed E-state index contributed by atoms with van der Waals surface area (Å²) in [5.41, 5.74) is -0.293. The Morgan fingerprint density at radius 3 is 2.67 bits per heavy atom. The third kappa shape index (κ3) is 2.57. The van der Waals surface area contributed by atoms with Crippen LogP contribution in [-0.4, -0.2) is 38.9 Å². The molecule has 0 amide bonds. The van der Waals surface area contributed by atoms with Crippen molar-refractivity contribution in [2.45, 2.75) is 4.90 Å². The molecule has 1 aliphatic heterocycles. The number of nitrogens with one attached hydrogen (secondary N) is 1. The van der Waals surface area contributed by atoms with Gasteiger partial charge in [-0.15, -0.1) is 0 Å². The number of piperazine rings is 1. The first-order chi connectivity index (χ1) is 10.00. The summed E-state index contributed by atoms with van der Waals surface area (Å²) in [6.45, 7) is 1.79. The molecule has 1 fully saturated rings. The van der Waals surface area contributed by atoms with Gasteiger partial charge in [-0.1, -0.05) is 11.6 Å². The maximum Gasteiger partial charge on any atom is 0.250 e. The van der Waals surface area contributed by atoms with E-state index in [1.165, 1.54) is 22.5 Å². The fraction of sp³-hybridized carbons (Fsp3) is 0.308. The van der Waals surface area contributed by atoms with Crippen LogP contribution in [0.5, 0.6) is 0 Å². The van der Waals surface area contributed by atoms with Gasteiger partial charge in [0.25, 0.3) is 0 Å². The van der Waals surface area contributed by atoms with E-state index in [0.29, 0.717) is 31.2 Å². The molecule has 1 aromatic carbocycles. The Morgan fingerprint density at radius 2 is 1.95 bits per heavy atom. The standard InChI is InChI=1S/C13H13ClN2O4S/c14-9-1-2-10-11(7-9)20-8-12(13(10)17)21(18,19)16-5-3-15-4-6-16/h1-2,7-8,15H,3-6H2. The first-order valence-corrected chi connectivity index (χ1v) is 8.24. The van der Waals surface area contributed by atoms with Gasteiger partial charge < -0.3 is 9.73 Å². The Kier molecular flexibility index (Phi) is 3.75. The molecule has 6 nitrogen and oxygen atoms in total. The van der Waals surface area contributed by atoms with E-state index in [4.69, 9.17) is 16.0 Å². The summed E-state index contributed by atoms with van der Waals surface area (Å²) in [6, 6.07) is 4.49. The minimum atomic E-state index is -3.84. The Morgan fingerprint density at radius 1 is 1.24 bits per heavy atom. The molecule has 0 spiro atoms. The minimum Gasteiger partial charge on any atom is -0.463 e. The van der Waals surface area contributed by atoms with Gasteiger partial charge in [-0.2, -0.15) is 4.31 Å². The number of fused-ring (bicyclic) bond motifs is 1. The average Bonchev–Trinajstić information content (AvgIpc) is 2.48. The summed E-state index contributed by atoms with van der Waals surface area (Å²) in [6.07, 6.45) is 0.998. The summed E-state index contributed by atoms with van der Waals surface area (Å²) in [4.78, 5) is 12.1. The molecule has 0 saturated carbocycles. The van der Waals surface area contributed by atoms with Gasteiger partial charge in [0.2, 0.25) is 15.5 Å². The van der Waals surface area contributed by atoms with Crippen LogP contribution in [0.3, 0.4) is 0 Å². The zero-order valence-corrected chi connectivity index (χ0v) is 12.6. The molecule has 1 aliphatic rings. The lowest BCUT2D eigenvalue weighted by Gasteiger charge is -2.26. The van der Waals surface area contributed by atoms with E-state index in [1.807, 2.05) is 0 Å². The smallest absolute Gasteiger partial charge is 0.250 e. The number of hydrogen-bond donors (Lipinski definition) is 1. The molecule has 1 saturated heterocycles. The lowest BCUT2D eigenvalue weighted by Crippen LogP contribution is -2.47. The van der Waals surface area contributed by atoms with Crippen LogP contribution in [0.1, 0.15) is 0 Å². The van der Waals surface area contributed by atoms with Crippen LogP contribution in [-0.2, 0) is 10.0 Å². The molecule has 0 radical (unpaired) electrons. The quantitative estimate of drug-likeness (QED) is 0.891. The van der Waals surface area contributed by atoms with Crippen LogP contribution in [0.2, 0.25) is 5.02 Å². The van der Waals surface area contributed by atoms with Crippen LogP contribution in [0.4, 0.5) is 0 Å². The third-order valence-corrected chi connectivity index (χ3v) is 5.52. The minimum absolute atomic E-state index is 0.204. The second-order valence-electron chi connectivity index (χ2n) is 4.72. The molecular formula is C13H13ClN2O4S. The van der Waals surface area contributed by atoms with E-state index in [1.54, 1.807) is 0 Å². The van der Waals surface area contributed by atoms with E-state index >= 15 is 0 Å². The number of sulfonamides is 1. The van der Waals surface area contributed by atoms with Crippen molar-refractivity contribution < 1.29 is 12.8 Å². The van der Waals surface area contributed by atoms with Crippen molar-refractivity contribution in [3.05, 3.63) is 39.7 Å². The van der Waals surface area contributed by atoms with E-state index in [-0.39, 0.29) is 15.9 Å². The van der Waals surface area contributed by atoms with E-state index in [0.717, 1.165) is 6.26 Å². The second kappa shape index (κ2) is 5.42. The molecule has 112 valence electrons. The number of hydrogen-bond acceptors (Lipinski definition) is 5. The summed E-state index contributed by atoms with van der Waals surface area (Å²) in [5.74, 6) is 0. The highest BCUT2D eigenvalue weighted by Gasteiger charge is 2.29. The highest BCUT2D eigenvalue weighted by molar-refractivity contribution is 7.89. The maximum absolute atomic E-state index is 12.5. The molecule has 2 heterocycles. The molecule has 8 heteroatoms. The second-order valence-corrected chi connectivity index (χ2v) is 7.07. The number of rotatable bonds is 2. The van der Waals surface area contributed by atoms with Gasteiger partial charge in [0.15, 0.2) is 4.90 Å². The molecule has 2 aromatic rings. The molecule has 0 bridgehead atoms. The first-order valence-electron chi connectivity index (χ1n) is 6.42. The monoisotopic (exact) mass is 328 g/mol. The van der Waals surface area contributed by atoms with Crippen molar-refractivity contribution in [1.82, 2.24) is 9.62 Å². The van der Waals surface area contributed by atoms with Crippen LogP contribution in [0.25, 0.3) is 11.0 Å². The van der Waals surface area contributed by atoms with Crippen molar-refractivity contribution >= 4 is 32.6 Å². The molecule has 0 unspecified atom stereocenters. The van der Waals surface area contributed by atoms with E-state index in [2.05, 4.69) is 5.32 Å². The fourth-order valence-electron chi connectivity index (χ4n) is 2.29. The summed E-state index contributed by atoms with van der Waals surface area (Å²) < 4.78 is 31.6. The van der Waals surface area contributed by atoms with Gasteiger partial charge in [0.05, 0.1) is 5.39 Å². The Hall–Kier alpha value is -1.41. The molecule has 1 aromatic heterocycles. The highest BCUT2D eigenvalue weighted by atomic mass is 35.5. The van der Waals surface area contributed by atoms with Gasteiger partial charge in [-0.25, -0.2) is 8.42 Å². The van der Waals surface area contributed by atoms with Crippen molar-refractivity contribution in [2.24, 2.45) is 0 Å². The Balaban J connectivity index is 2.14. The lowest BCUT2D eigenvalue weighted by molar-refractivity contribution is 0.359. The predicted molar refractivity (Wildman–Crippen MR) is 79.1 cm³/mol. The van der Waals surface area contributed by atoms with Crippen LogP contribution in [0.15, 0.2) is 38.6 Å². The van der Waals surface area contributed by atoms with Crippen LogP contribution >= 0.6 is 11.6 Å². The van der Waals surface area contributed by atoms with Gasteiger partial charge in [-0.05, 0) is 12.1 Å². The number of halogens is 1. The Labute approximate surface area is 126 Å². The molecule has 3 rings (SSSR count). The first kappa shape index (κ1) is 14.5. The molecule has 1 N–H and O–H groups in total. The van der Waals surface area contributed by atoms with Crippen LogP contribution in [0, 0.1) is 0 Å². The van der Waals surface area contributed by atoms with Crippen molar-refractivity contribution in [2.75, 3.05) is 26.2 Å². The molecule has 0 atom stereocenters. The predicted octanol–water partition coefficient (Wildman–Crippen LogP) is 1.04. The summed E-state index contributed by atoms with van der Waals surface area (Å²) >= 11 is 5.83. The fourth-order valence-corrected chi connectivity index (χ4v) is 3.90. The summed E-state index contributed by atoms with van der Waals surface area (Å²) in [5, 5.41) is 3.69. The normalized spacial score (nSPS) is 17.2. The Bertz CT molecular complexity index is 841. The van der Waals surface area contributed by atoms with E-state index in [9.17, 15) is 13.2 Å². The topological polar surface area (TPSA) is 79.6 Å².